The van der Waals surface area contributed by atoms with Crippen molar-refractivity contribution < 1.29 is 9.53 Å². The van der Waals surface area contributed by atoms with E-state index in [1.54, 1.807) is 6.20 Å². The molecule has 3 N–H and O–H groups in total. The Kier molecular flexibility index (Phi) is 6.35. The van der Waals surface area contributed by atoms with Crippen molar-refractivity contribution in [2.75, 3.05) is 55.3 Å². The molecule has 2 heterocycles. The molecule has 0 aromatic heterocycles. The van der Waals surface area contributed by atoms with Crippen LogP contribution >= 0.6 is 0 Å². The number of amides is 1. The largest absolute Gasteiger partial charge is 0.385 e. The first-order valence-corrected chi connectivity index (χ1v) is 10.6. The highest BCUT2D eigenvalue weighted by Gasteiger charge is 2.25. The standard InChI is InChI=1S/C24H30N4O2/c1-17-5-3-6-22-23(17)20(24(29)27-22)16-26-19-7-8-21(18(2)15-19)25-9-4-10-28-11-13-30-14-12-28/h3,5-8,15-16,25-26H,4,9-14H2,1-2H3,(H,27,29)/b20-16-. The lowest BCUT2D eigenvalue weighted by Gasteiger charge is -2.26. The van der Waals surface area contributed by atoms with E-state index < -0.39 is 0 Å². The Morgan fingerprint density at radius 1 is 1.13 bits per heavy atom. The molecule has 1 saturated heterocycles. The third-order valence-corrected chi connectivity index (χ3v) is 5.71. The van der Waals surface area contributed by atoms with E-state index >= 15 is 0 Å². The van der Waals surface area contributed by atoms with Crippen LogP contribution in [0, 0.1) is 13.8 Å². The summed E-state index contributed by atoms with van der Waals surface area (Å²) in [5, 5.41) is 9.76. The first-order chi connectivity index (χ1) is 14.6. The Labute approximate surface area is 178 Å². The lowest BCUT2D eigenvalue weighted by atomic mass is 10.0. The van der Waals surface area contributed by atoms with Crippen LogP contribution < -0.4 is 16.0 Å². The molecule has 30 heavy (non-hydrogen) atoms. The Bertz CT molecular complexity index is 948. The molecule has 2 aliphatic rings. The van der Waals surface area contributed by atoms with Crippen molar-refractivity contribution in [1.29, 1.82) is 0 Å². The molecule has 0 radical (unpaired) electrons. The van der Waals surface area contributed by atoms with Crippen LogP contribution in [0.5, 0.6) is 0 Å². The third-order valence-electron chi connectivity index (χ3n) is 5.71. The summed E-state index contributed by atoms with van der Waals surface area (Å²) in [6, 6.07) is 12.2. The van der Waals surface area contributed by atoms with Gasteiger partial charge in [-0.05, 0) is 62.2 Å². The van der Waals surface area contributed by atoms with Crippen LogP contribution in [0.15, 0.2) is 42.6 Å². The fourth-order valence-corrected chi connectivity index (χ4v) is 4.03. The monoisotopic (exact) mass is 406 g/mol. The Morgan fingerprint density at radius 2 is 1.97 bits per heavy atom. The van der Waals surface area contributed by atoms with Gasteiger partial charge in [-0.3, -0.25) is 9.69 Å². The predicted octanol–water partition coefficient (Wildman–Crippen LogP) is 3.84. The quantitative estimate of drug-likeness (QED) is 0.482. The highest BCUT2D eigenvalue weighted by molar-refractivity contribution is 6.32. The first kappa shape index (κ1) is 20.4. The van der Waals surface area contributed by atoms with E-state index in [0.717, 1.165) is 74.0 Å². The number of nitrogens with one attached hydrogen (secondary N) is 3. The average Bonchev–Trinajstić information content (AvgIpc) is 3.08. The van der Waals surface area contributed by atoms with E-state index in [1.165, 1.54) is 5.56 Å². The summed E-state index contributed by atoms with van der Waals surface area (Å²) in [4.78, 5) is 14.8. The number of carbonyl (C=O) groups is 1. The zero-order valence-electron chi connectivity index (χ0n) is 17.8. The molecule has 0 atom stereocenters. The number of carbonyl (C=O) groups excluding carboxylic acids is 1. The normalized spacial score (nSPS) is 17.7. The van der Waals surface area contributed by atoms with Crippen molar-refractivity contribution in [3.05, 3.63) is 59.3 Å². The van der Waals surface area contributed by atoms with Crippen molar-refractivity contribution in [1.82, 2.24) is 4.90 Å². The molecule has 4 rings (SSSR count). The minimum absolute atomic E-state index is 0.0675. The number of rotatable bonds is 7. The molecule has 6 nitrogen and oxygen atoms in total. The average molecular weight is 407 g/mol. The Morgan fingerprint density at radius 3 is 2.77 bits per heavy atom. The third kappa shape index (κ3) is 4.66. The zero-order chi connectivity index (χ0) is 20.9. The molecule has 158 valence electrons. The maximum atomic E-state index is 12.3. The van der Waals surface area contributed by atoms with Crippen LogP contribution in [0.3, 0.4) is 0 Å². The second kappa shape index (κ2) is 9.32. The molecule has 2 aromatic carbocycles. The van der Waals surface area contributed by atoms with E-state index in [-0.39, 0.29) is 5.91 Å². The lowest BCUT2D eigenvalue weighted by molar-refractivity contribution is -0.110. The summed E-state index contributed by atoms with van der Waals surface area (Å²) < 4.78 is 5.39. The number of aryl methyl sites for hydroxylation is 2. The van der Waals surface area contributed by atoms with Gasteiger partial charge >= 0.3 is 0 Å². The van der Waals surface area contributed by atoms with Gasteiger partial charge in [0.15, 0.2) is 0 Å². The van der Waals surface area contributed by atoms with Gasteiger partial charge < -0.3 is 20.7 Å². The van der Waals surface area contributed by atoms with Gasteiger partial charge in [0.05, 0.1) is 18.8 Å². The maximum Gasteiger partial charge on any atom is 0.257 e. The van der Waals surface area contributed by atoms with Crippen molar-refractivity contribution in [3.63, 3.8) is 0 Å². The van der Waals surface area contributed by atoms with Gasteiger partial charge in [0, 0.05) is 48.5 Å². The van der Waals surface area contributed by atoms with Crippen LogP contribution in [-0.2, 0) is 9.53 Å². The molecule has 6 heteroatoms. The molecule has 0 saturated carbocycles. The number of ether oxygens (including phenoxy) is 1. The molecule has 2 aliphatic heterocycles. The van der Waals surface area contributed by atoms with Crippen LogP contribution in [-0.4, -0.2) is 50.2 Å². The smallest absolute Gasteiger partial charge is 0.257 e. The number of fused-ring (bicyclic) bond motifs is 1. The molecule has 1 fully saturated rings. The number of nitrogens with zero attached hydrogens (tertiary/aromatic N) is 1. The van der Waals surface area contributed by atoms with E-state index in [2.05, 4.69) is 39.9 Å². The summed E-state index contributed by atoms with van der Waals surface area (Å²) in [5.74, 6) is -0.0675. The predicted molar refractivity (Wildman–Crippen MR) is 123 cm³/mol. The van der Waals surface area contributed by atoms with Crippen molar-refractivity contribution in [3.8, 4) is 0 Å². The highest BCUT2D eigenvalue weighted by Crippen LogP contribution is 2.34. The molecule has 0 spiro atoms. The highest BCUT2D eigenvalue weighted by atomic mass is 16.5. The molecular formula is C24H30N4O2. The summed E-state index contributed by atoms with van der Waals surface area (Å²) in [6.07, 6.45) is 2.91. The molecule has 0 bridgehead atoms. The van der Waals surface area contributed by atoms with Gasteiger partial charge in [-0.25, -0.2) is 0 Å². The molecule has 2 aromatic rings. The zero-order valence-corrected chi connectivity index (χ0v) is 17.8. The fourth-order valence-electron chi connectivity index (χ4n) is 4.03. The second-order valence-electron chi connectivity index (χ2n) is 7.92. The topological polar surface area (TPSA) is 65.6 Å². The van der Waals surface area contributed by atoms with Crippen LogP contribution in [0.2, 0.25) is 0 Å². The number of morpholine rings is 1. The van der Waals surface area contributed by atoms with Crippen molar-refractivity contribution >= 4 is 28.5 Å². The van der Waals surface area contributed by atoms with E-state index in [0.29, 0.717) is 5.57 Å². The molecular weight excluding hydrogens is 376 g/mol. The number of hydrogen-bond donors (Lipinski definition) is 3. The minimum atomic E-state index is -0.0675. The summed E-state index contributed by atoms with van der Waals surface area (Å²) >= 11 is 0. The van der Waals surface area contributed by atoms with Crippen LogP contribution in [0.1, 0.15) is 23.1 Å². The van der Waals surface area contributed by atoms with Gasteiger partial charge in [-0.1, -0.05) is 12.1 Å². The number of anilines is 3. The lowest BCUT2D eigenvalue weighted by Crippen LogP contribution is -2.37. The van der Waals surface area contributed by atoms with Crippen LogP contribution in [0.4, 0.5) is 17.1 Å². The fraction of sp³-hybridized carbons (Fsp3) is 0.375. The Hall–Kier alpha value is -2.83. The minimum Gasteiger partial charge on any atom is -0.385 e. The number of benzene rings is 2. The van der Waals surface area contributed by atoms with Crippen LogP contribution in [0.25, 0.3) is 5.57 Å². The SMILES string of the molecule is Cc1cc(N/C=C2\C(=O)Nc3cccc(C)c32)ccc1NCCCN1CCOCC1. The molecule has 0 aliphatic carbocycles. The summed E-state index contributed by atoms with van der Waals surface area (Å²) in [6.45, 7) is 9.96. The summed E-state index contributed by atoms with van der Waals surface area (Å²) in [5.41, 5.74) is 6.91. The summed E-state index contributed by atoms with van der Waals surface area (Å²) in [7, 11) is 0. The van der Waals surface area contributed by atoms with Gasteiger partial charge in [0.1, 0.15) is 0 Å². The maximum absolute atomic E-state index is 12.3. The van der Waals surface area contributed by atoms with E-state index in [4.69, 9.17) is 4.74 Å². The number of hydrogen-bond acceptors (Lipinski definition) is 5. The van der Waals surface area contributed by atoms with Gasteiger partial charge in [-0.2, -0.15) is 0 Å². The molecule has 1 amide bonds. The van der Waals surface area contributed by atoms with Gasteiger partial charge in [0.25, 0.3) is 5.91 Å². The Balaban J connectivity index is 1.34. The first-order valence-electron chi connectivity index (χ1n) is 10.6. The molecule has 0 unspecified atom stereocenters. The van der Waals surface area contributed by atoms with E-state index in [9.17, 15) is 4.79 Å². The van der Waals surface area contributed by atoms with Gasteiger partial charge in [0.2, 0.25) is 0 Å². The van der Waals surface area contributed by atoms with Gasteiger partial charge in [-0.15, -0.1) is 0 Å². The van der Waals surface area contributed by atoms with Crippen molar-refractivity contribution in [2.45, 2.75) is 20.3 Å². The second-order valence-corrected chi connectivity index (χ2v) is 7.92. The van der Waals surface area contributed by atoms with E-state index in [1.807, 2.05) is 31.2 Å². The van der Waals surface area contributed by atoms with Crippen molar-refractivity contribution in [2.24, 2.45) is 0 Å².